The molecule has 0 spiro atoms. The largest absolute Gasteiger partial charge is 0.344 e. The molecule has 1 N–H and O–H groups in total. The van der Waals surface area contributed by atoms with Crippen LogP contribution in [0, 0.1) is 11.3 Å². The average molecular weight is 285 g/mol. The van der Waals surface area contributed by atoms with Crippen LogP contribution in [0.4, 0.5) is 0 Å². The van der Waals surface area contributed by atoms with E-state index >= 15 is 0 Å². The summed E-state index contributed by atoms with van der Waals surface area (Å²) >= 11 is 0.889. The molecule has 1 fully saturated rings. The number of hydrogen-bond acceptors (Lipinski definition) is 5. The molecule has 1 aromatic heterocycles. The molecule has 1 unspecified atom stereocenters. The van der Waals surface area contributed by atoms with Crippen LogP contribution in [-0.4, -0.2) is 38.9 Å². The van der Waals surface area contributed by atoms with Gasteiger partial charge in [0.25, 0.3) is 10.0 Å². The fourth-order valence-electron chi connectivity index (χ4n) is 1.70. The number of likely N-dealkylation sites (N-methyl/N-ethyl adjacent to an activating group) is 1. The van der Waals surface area contributed by atoms with Gasteiger partial charge in [-0.2, -0.15) is 9.98 Å². The van der Waals surface area contributed by atoms with Gasteiger partial charge in [0.05, 0.1) is 0 Å². The summed E-state index contributed by atoms with van der Waals surface area (Å²) in [7, 11) is -2.08. The number of carbonyl (C=O) groups excluding carboxylic acids is 1. The molecule has 2 rings (SSSR count). The van der Waals surface area contributed by atoms with Gasteiger partial charge in [0.15, 0.2) is 0 Å². The molecule has 0 saturated carbocycles. The lowest BCUT2D eigenvalue weighted by atomic mass is 10.3. The van der Waals surface area contributed by atoms with Crippen LogP contribution < -0.4 is 4.72 Å². The molecule has 2 heterocycles. The Morgan fingerprint density at radius 1 is 1.56 bits per heavy atom. The summed E-state index contributed by atoms with van der Waals surface area (Å²) < 4.78 is 26.4. The van der Waals surface area contributed by atoms with Gasteiger partial charge in [-0.15, -0.1) is 11.3 Å². The first-order valence-corrected chi connectivity index (χ1v) is 7.51. The van der Waals surface area contributed by atoms with Crippen LogP contribution in [0.1, 0.15) is 11.3 Å². The van der Waals surface area contributed by atoms with Crippen molar-refractivity contribution in [1.29, 1.82) is 5.26 Å². The lowest BCUT2D eigenvalue weighted by Crippen LogP contribution is -2.40. The van der Waals surface area contributed by atoms with Gasteiger partial charge >= 0.3 is 0 Å². The molecule has 0 bridgehead atoms. The lowest BCUT2D eigenvalue weighted by molar-refractivity contribution is -0.127. The summed E-state index contributed by atoms with van der Waals surface area (Å²) in [6.07, 6.45) is 0.463. The predicted octanol–water partition coefficient (Wildman–Crippen LogP) is 0.129. The van der Waals surface area contributed by atoms with E-state index in [0.717, 1.165) is 11.3 Å². The van der Waals surface area contributed by atoms with Crippen molar-refractivity contribution in [2.45, 2.75) is 16.7 Å². The molecule has 18 heavy (non-hydrogen) atoms. The highest BCUT2D eigenvalue weighted by Crippen LogP contribution is 2.22. The van der Waals surface area contributed by atoms with Crippen molar-refractivity contribution in [3.05, 3.63) is 17.0 Å². The van der Waals surface area contributed by atoms with Crippen LogP contribution in [0.2, 0.25) is 0 Å². The van der Waals surface area contributed by atoms with E-state index in [1.54, 1.807) is 7.05 Å². The molecule has 1 amide bonds. The first-order valence-electron chi connectivity index (χ1n) is 5.21. The van der Waals surface area contributed by atoms with Crippen LogP contribution in [0.25, 0.3) is 0 Å². The van der Waals surface area contributed by atoms with Crippen molar-refractivity contribution < 1.29 is 13.2 Å². The molecular weight excluding hydrogens is 274 g/mol. The van der Waals surface area contributed by atoms with Crippen LogP contribution in [0.15, 0.2) is 16.3 Å². The highest BCUT2D eigenvalue weighted by atomic mass is 32.2. The summed E-state index contributed by atoms with van der Waals surface area (Å²) in [5, 5.41) is 8.66. The third-order valence-electron chi connectivity index (χ3n) is 2.68. The summed E-state index contributed by atoms with van der Waals surface area (Å²) in [4.78, 5) is 13.4. The van der Waals surface area contributed by atoms with Crippen molar-refractivity contribution >= 4 is 27.3 Å². The van der Waals surface area contributed by atoms with Gasteiger partial charge in [-0.25, -0.2) is 8.42 Å². The maximum absolute atomic E-state index is 12.0. The number of nitrogens with one attached hydrogen (secondary N) is 1. The molecule has 0 aliphatic carbocycles. The predicted molar refractivity (Wildman–Crippen MR) is 65.4 cm³/mol. The number of rotatable bonds is 3. The molecule has 1 aliphatic heterocycles. The van der Waals surface area contributed by atoms with Crippen LogP contribution >= 0.6 is 11.3 Å². The maximum Gasteiger partial charge on any atom is 0.250 e. The summed E-state index contributed by atoms with van der Waals surface area (Å²) in [5.74, 6) is -0.226. The Kier molecular flexibility index (Phi) is 3.38. The van der Waals surface area contributed by atoms with Crippen molar-refractivity contribution in [2.24, 2.45) is 0 Å². The normalized spacial score (nSPS) is 20.1. The number of carbonyl (C=O) groups is 1. The Balaban J connectivity index is 2.18. The summed E-state index contributed by atoms with van der Waals surface area (Å²) in [6.45, 7) is 0.542. The Labute approximate surface area is 109 Å². The first kappa shape index (κ1) is 13.0. The van der Waals surface area contributed by atoms with E-state index in [2.05, 4.69) is 4.72 Å². The van der Waals surface area contributed by atoms with Gasteiger partial charge in [0.1, 0.15) is 21.2 Å². The zero-order valence-electron chi connectivity index (χ0n) is 9.58. The Bertz CT molecular complexity index is 615. The number of likely N-dealkylation sites (tertiary alicyclic amines) is 1. The molecule has 1 aliphatic rings. The summed E-state index contributed by atoms with van der Waals surface area (Å²) in [6, 6.07) is 3.99. The molecule has 96 valence electrons. The van der Waals surface area contributed by atoms with Crippen LogP contribution in [0.5, 0.6) is 0 Å². The van der Waals surface area contributed by atoms with E-state index < -0.39 is 16.1 Å². The minimum Gasteiger partial charge on any atom is -0.344 e. The maximum atomic E-state index is 12.0. The van der Waals surface area contributed by atoms with E-state index in [1.165, 1.54) is 17.0 Å². The molecule has 0 radical (unpaired) electrons. The fourth-order valence-corrected chi connectivity index (χ4v) is 4.05. The van der Waals surface area contributed by atoms with E-state index in [9.17, 15) is 13.2 Å². The molecule has 1 atom stereocenters. The van der Waals surface area contributed by atoms with Crippen molar-refractivity contribution in [3.63, 3.8) is 0 Å². The quantitative estimate of drug-likeness (QED) is 0.854. The average Bonchev–Trinajstić information content (AvgIpc) is 2.91. The second-order valence-corrected chi connectivity index (χ2v) is 6.98. The van der Waals surface area contributed by atoms with Crippen molar-refractivity contribution in [3.8, 4) is 6.07 Å². The van der Waals surface area contributed by atoms with E-state index in [0.29, 0.717) is 17.8 Å². The molecule has 1 saturated heterocycles. The van der Waals surface area contributed by atoms with Gasteiger partial charge in [-0.1, -0.05) is 0 Å². The van der Waals surface area contributed by atoms with Gasteiger partial charge in [-0.3, -0.25) is 4.79 Å². The number of nitriles is 1. The van der Waals surface area contributed by atoms with E-state index in [1.807, 2.05) is 6.07 Å². The van der Waals surface area contributed by atoms with Crippen LogP contribution in [-0.2, 0) is 14.8 Å². The fraction of sp³-hybridized carbons (Fsp3) is 0.400. The van der Waals surface area contributed by atoms with Gasteiger partial charge < -0.3 is 4.90 Å². The van der Waals surface area contributed by atoms with Crippen molar-refractivity contribution in [1.82, 2.24) is 9.62 Å². The topological polar surface area (TPSA) is 90.3 Å². The number of nitrogens with zero attached hydrogens (tertiary/aromatic N) is 2. The standard InChI is InChI=1S/C10H11N3O3S2/c1-13-5-4-8(10(13)14)12-18(15,16)9-3-2-7(6-11)17-9/h2-3,8,12H,4-5H2,1H3. The van der Waals surface area contributed by atoms with Gasteiger partial charge in [0, 0.05) is 13.6 Å². The molecular formula is C10H11N3O3S2. The highest BCUT2D eigenvalue weighted by molar-refractivity contribution is 7.91. The van der Waals surface area contributed by atoms with E-state index in [4.69, 9.17) is 5.26 Å². The number of amides is 1. The summed E-state index contributed by atoms with van der Waals surface area (Å²) in [5.41, 5.74) is 0. The minimum atomic E-state index is -3.72. The number of hydrogen-bond donors (Lipinski definition) is 1. The Hall–Kier alpha value is -1.43. The smallest absolute Gasteiger partial charge is 0.250 e. The second-order valence-electron chi connectivity index (χ2n) is 3.95. The van der Waals surface area contributed by atoms with Gasteiger partial charge in [0.2, 0.25) is 5.91 Å². The third kappa shape index (κ3) is 2.38. The van der Waals surface area contributed by atoms with E-state index in [-0.39, 0.29) is 10.1 Å². The molecule has 6 nitrogen and oxygen atoms in total. The molecule has 8 heteroatoms. The van der Waals surface area contributed by atoms with Crippen LogP contribution in [0.3, 0.4) is 0 Å². The molecule has 0 aromatic carbocycles. The number of thiophene rings is 1. The SMILES string of the molecule is CN1CCC(NS(=O)(=O)c2ccc(C#N)s2)C1=O. The van der Waals surface area contributed by atoms with Gasteiger partial charge in [-0.05, 0) is 18.6 Å². The van der Waals surface area contributed by atoms with Crippen molar-refractivity contribution in [2.75, 3.05) is 13.6 Å². The second kappa shape index (κ2) is 4.68. The highest BCUT2D eigenvalue weighted by Gasteiger charge is 2.33. The Morgan fingerprint density at radius 3 is 2.78 bits per heavy atom. The zero-order chi connectivity index (χ0) is 13.3. The monoisotopic (exact) mass is 285 g/mol. The minimum absolute atomic E-state index is 0.0569. The molecule has 1 aromatic rings. The lowest BCUT2D eigenvalue weighted by Gasteiger charge is -2.11. The number of sulfonamides is 1. The third-order valence-corrected chi connectivity index (χ3v) is 5.63. The Morgan fingerprint density at radius 2 is 2.28 bits per heavy atom. The zero-order valence-corrected chi connectivity index (χ0v) is 11.2. The first-order chi connectivity index (χ1) is 8.44.